The third-order valence-electron chi connectivity index (χ3n) is 1.56. The average Bonchev–Trinajstić information content (AvgIpc) is 2.27. The number of carbonyl (C=O) groups is 2. The third kappa shape index (κ3) is 2.78. The van der Waals surface area contributed by atoms with Crippen LogP contribution in [0.5, 0.6) is 0 Å². The van der Waals surface area contributed by atoms with Gasteiger partial charge in [0.15, 0.2) is 0 Å². The van der Waals surface area contributed by atoms with E-state index in [1.165, 1.54) is 0 Å². The fourth-order valence-corrected chi connectivity index (χ4v) is 0.841. The number of aromatic nitrogens is 1. The second kappa shape index (κ2) is 4.89. The smallest absolute Gasteiger partial charge is 0.384 e. The van der Waals surface area contributed by atoms with Crippen molar-refractivity contribution in [3.8, 4) is 11.8 Å². The average molecular weight is 223 g/mol. The number of aromatic carboxylic acids is 1. The Hall–Kier alpha value is -2.42. The number of halogens is 1. The van der Waals surface area contributed by atoms with Gasteiger partial charge in [0.25, 0.3) is 0 Å². The predicted octanol–water partition coefficient (Wildman–Crippen LogP) is 0.443. The molecule has 0 aliphatic heterocycles. The van der Waals surface area contributed by atoms with Crippen LogP contribution in [0.2, 0.25) is 0 Å². The first-order valence-corrected chi connectivity index (χ1v) is 4.03. The Morgan fingerprint density at radius 2 is 2.25 bits per heavy atom. The van der Waals surface area contributed by atoms with Crippen molar-refractivity contribution < 1.29 is 23.8 Å². The molecule has 0 aliphatic carbocycles. The largest absolute Gasteiger partial charge is 0.478 e. The van der Waals surface area contributed by atoms with Crippen molar-refractivity contribution in [2.45, 2.75) is 0 Å². The molecular formula is C10H6FNO4. The summed E-state index contributed by atoms with van der Waals surface area (Å²) in [6.45, 7) is 0. The van der Waals surface area contributed by atoms with Crippen LogP contribution >= 0.6 is 0 Å². The molecular weight excluding hydrogens is 217 g/mol. The number of carboxylic acid groups (broad SMARTS) is 1. The van der Waals surface area contributed by atoms with Gasteiger partial charge in [-0.2, -0.15) is 4.39 Å². The summed E-state index contributed by atoms with van der Waals surface area (Å²) in [5.74, 6) is 1.04. The molecule has 0 spiro atoms. The summed E-state index contributed by atoms with van der Waals surface area (Å²) < 4.78 is 17.1. The topological polar surface area (TPSA) is 76.5 Å². The Kier molecular flexibility index (Phi) is 3.56. The molecule has 1 N–H and O–H groups in total. The number of nitrogens with zero attached hydrogens (tertiary/aromatic N) is 1. The molecule has 0 saturated carbocycles. The van der Waals surface area contributed by atoms with Crippen LogP contribution in [0.4, 0.5) is 4.39 Å². The SMILES string of the molecule is COC(=O)C#Cc1cnc(F)c(C(=O)O)c1. The van der Waals surface area contributed by atoms with Gasteiger partial charge < -0.3 is 9.84 Å². The molecule has 1 heterocycles. The van der Waals surface area contributed by atoms with Crippen molar-refractivity contribution in [1.29, 1.82) is 0 Å². The molecule has 1 rings (SSSR count). The number of rotatable bonds is 1. The summed E-state index contributed by atoms with van der Waals surface area (Å²) in [5.41, 5.74) is -0.485. The molecule has 1 aromatic rings. The highest BCUT2D eigenvalue weighted by molar-refractivity contribution is 5.90. The lowest BCUT2D eigenvalue weighted by Gasteiger charge is -1.96. The molecule has 0 atom stereocenters. The van der Waals surface area contributed by atoms with Gasteiger partial charge in [-0.3, -0.25) is 0 Å². The van der Waals surface area contributed by atoms with Gasteiger partial charge in [0.2, 0.25) is 5.95 Å². The Labute approximate surface area is 89.9 Å². The fourth-order valence-electron chi connectivity index (χ4n) is 0.841. The molecule has 16 heavy (non-hydrogen) atoms. The Morgan fingerprint density at radius 3 is 2.81 bits per heavy atom. The zero-order valence-electron chi connectivity index (χ0n) is 8.15. The van der Waals surface area contributed by atoms with E-state index in [9.17, 15) is 14.0 Å². The van der Waals surface area contributed by atoms with E-state index in [0.29, 0.717) is 0 Å². The maximum atomic E-state index is 12.9. The zero-order chi connectivity index (χ0) is 12.1. The first-order chi connectivity index (χ1) is 7.54. The van der Waals surface area contributed by atoms with Crippen LogP contribution in [0.15, 0.2) is 12.3 Å². The summed E-state index contributed by atoms with van der Waals surface area (Å²) in [6, 6.07) is 0.987. The van der Waals surface area contributed by atoms with Gasteiger partial charge in [0.1, 0.15) is 5.56 Å². The van der Waals surface area contributed by atoms with Crippen molar-refractivity contribution in [1.82, 2.24) is 4.98 Å². The van der Waals surface area contributed by atoms with Crippen LogP contribution in [-0.2, 0) is 9.53 Å². The van der Waals surface area contributed by atoms with Crippen LogP contribution in [-0.4, -0.2) is 29.1 Å². The minimum absolute atomic E-state index is 0.115. The Bertz CT molecular complexity index is 501. The van der Waals surface area contributed by atoms with E-state index in [-0.39, 0.29) is 5.56 Å². The van der Waals surface area contributed by atoms with Crippen LogP contribution in [0.1, 0.15) is 15.9 Å². The molecule has 0 saturated heterocycles. The number of hydrogen-bond donors (Lipinski definition) is 1. The molecule has 6 heteroatoms. The zero-order valence-corrected chi connectivity index (χ0v) is 8.15. The van der Waals surface area contributed by atoms with E-state index >= 15 is 0 Å². The minimum atomic E-state index is -1.45. The molecule has 82 valence electrons. The van der Waals surface area contributed by atoms with Gasteiger partial charge in [-0.25, -0.2) is 14.6 Å². The lowest BCUT2D eigenvalue weighted by molar-refractivity contribution is -0.133. The molecule has 0 bridgehead atoms. The quantitative estimate of drug-likeness (QED) is 0.424. The summed E-state index contributed by atoms with van der Waals surface area (Å²) in [6.07, 6.45) is 1.03. The van der Waals surface area contributed by atoms with Gasteiger partial charge in [-0.05, 0) is 6.07 Å². The molecule has 0 aromatic carbocycles. The Balaban J connectivity index is 3.07. The highest BCUT2D eigenvalue weighted by atomic mass is 19.1. The van der Waals surface area contributed by atoms with Gasteiger partial charge in [-0.15, -0.1) is 0 Å². The maximum Gasteiger partial charge on any atom is 0.384 e. The molecule has 1 aromatic heterocycles. The predicted molar refractivity (Wildman–Crippen MR) is 50.0 cm³/mol. The van der Waals surface area contributed by atoms with Gasteiger partial charge >= 0.3 is 11.9 Å². The summed E-state index contributed by atoms with van der Waals surface area (Å²) in [7, 11) is 1.16. The molecule has 0 unspecified atom stereocenters. The molecule has 0 fully saturated rings. The van der Waals surface area contributed by atoms with Gasteiger partial charge in [0.05, 0.1) is 7.11 Å². The van der Waals surface area contributed by atoms with Crippen LogP contribution < -0.4 is 0 Å². The number of pyridine rings is 1. The normalized spacial score (nSPS) is 8.88. The molecule has 0 amide bonds. The molecule has 5 nitrogen and oxygen atoms in total. The van der Waals surface area contributed by atoms with Crippen LogP contribution in [0.3, 0.4) is 0 Å². The van der Waals surface area contributed by atoms with Gasteiger partial charge in [0, 0.05) is 17.7 Å². The fraction of sp³-hybridized carbons (Fsp3) is 0.100. The highest BCUT2D eigenvalue weighted by Crippen LogP contribution is 2.06. The second-order valence-electron chi connectivity index (χ2n) is 2.61. The lowest BCUT2D eigenvalue weighted by Crippen LogP contribution is -2.03. The second-order valence-corrected chi connectivity index (χ2v) is 2.61. The first-order valence-electron chi connectivity index (χ1n) is 4.03. The van der Waals surface area contributed by atoms with Gasteiger partial charge in [-0.1, -0.05) is 5.92 Å². The van der Waals surface area contributed by atoms with Crippen molar-refractivity contribution >= 4 is 11.9 Å². The van der Waals surface area contributed by atoms with E-state index in [4.69, 9.17) is 5.11 Å². The third-order valence-corrected chi connectivity index (χ3v) is 1.56. The summed E-state index contributed by atoms with van der Waals surface area (Å²) in [4.78, 5) is 24.4. The van der Waals surface area contributed by atoms with E-state index in [1.54, 1.807) is 0 Å². The highest BCUT2D eigenvalue weighted by Gasteiger charge is 2.11. The van der Waals surface area contributed by atoms with Crippen molar-refractivity contribution in [3.05, 3.63) is 29.3 Å². The lowest BCUT2D eigenvalue weighted by atomic mass is 10.2. The number of ether oxygens (including phenoxy) is 1. The molecule has 0 radical (unpaired) electrons. The van der Waals surface area contributed by atoms with Crippen molar-refractivity contribution in [2.24, 2.45) is 0 Å². The van der Waals surface area contributed by atoms with E-state index < -0.39 is 23.4 Å². The van der Waals surface area contributed by atoms with Crippen LogP contribution in [0.25, 0.3) is 0 Å². The van der Waals surface area contributed by atoms with Crippen molar-refractivity contribution in [2.75, 3.05) is 7.11 Å². The number of esters is 1. The van der Waals surface area contributed by atoms with E-state index in [0.717, 1.165) is 19.4 Å². The van der Waals surface area contributed by atoms with E-state index in [1.807, 2.05) is 0 Å². The summed E-state index contributed by atoms with van der Waals surface area (Å²) in [5, 5.41) is 8.59. The maximum absolute atomic E-state index is 12.9. The van der Waals surface area contributed by atoms with E-state index in [2.05, 4.69) is 21.6 Å². The number of carbonyl (C=O) groups excluding carboxylic acids is 1. The number of methoxy groups -OCH3 is 1. The minimum Gasteiger partial charge on any atom is -0.478 e. The molecule has 0 aliphatic rings. The standard InChI is InChI=1S/C10H6FNO4/c1-16-8(13)3-2-6-4-7(10(14)15)9(11)12-5-6/h4-5H,1H3,(H,14,15). The number of hydrogen-bond acceptors (Lipinski definition) is 4. The van der Waals surface area contributed by atoms with Crippen LogP contribution in [0, 0.1) is 17.8 Å². The monoisotopic (exact) mass is 223 g/mol. The summed E-state index contributed by atoms with van der Waals surface area (Å²) >= 11 is 0. The Morgan fingerprint density at radius 1 is 1.56 bits per heavy atom. The number of carboxylic acids is 1. The van der Waals surface area contributed by atoms with Crippen molar-refractivity contribution in [3.63, 3.8) is 0 Å². The first kappa shape index (κ1) is 11.7.